The standard InChI is InChI=1S/C13H19N3/c1-16(12-7-8-12)13(14)15-10-9-11-5-3-2-4-6-11/h2-6,12H,7-10H2,1H3,(H2,14,15). The fourth-order valence-electron chi connectivity index (χ4n) is 1.70. The molecule has 3 nitrogen and oxygen atoms in total. The lowest BCUT2D eigenvalue weighted by Crippen LogP contribution is -2.35. The molecule has 2 rings (SSSR count). The molecule has 0 atom stereocenters. The van der Waals surface area contributed by atoms with Crippen molar-refractivity contribution >= 4 is 5.96 Å². The minimum Gasteiger partial charge on any atom is -0.370 e. The Balaban J connectivity index is 1.80. The second-order valence-electron chi connectivity index (χ2n) is 4.32. The topological polar surface area (TPSA) is 41.6 Å². The second-order valence-corrected chi connectivity index (χ2v) is 4.32. The smallest absolute Gasteiger partial charge is 0.191 e. The molecule has 3 heteroatoms. The van der Waals surface area contributed by atoms with E-state index in [-0.39, 0.29) is 0 Å². The van der Waals surface area contributed by atoms with Crippen LogP contribution in [0.5, 0.6) is 0 Å². The maximum Gasteiger partial charge on any atom is 0.191 e. The summed E-state index contributed by atoms with van der Waals surface area (Å²) in [6.07, 6.45) is 3.47. The molecule has 1 aliphatic rings. The van der Waals surface area contributed by atoms with Crippen LogP contribution in [0.15, 0.2) is 35.3 Å². The highest BCUT2D eigenvalue weighted by molar-refractivity contribution is 5.78. The first-order valence-electron chi connectivity index (χ1n) is 5.84. The van der Waals surface area contributed by atoms with Gasteiger partial charge in [0.15, 0.2) is 5.96 Å². The minimum atomic E-state index is 0.639. The van der Waals surface area contributed by atoms with Crippen LogP contribution >= 0.6 is 0 Å². The Morgan fingerprint density at radius 2 is 2.06 bits per heavy atom. The van der Waals surface area contributed by atoms with Crippen molar-refractivity contribution in [1.82, 2.24) is 4.90 Å². The van der Waals surface area contributed by atoms with Gasteiger partial charge in [-0.25, -0.2) is 0 Å². The Labute approximate surface area is 97.0 Å². The average Bonchev–Trinajstić information content (AvgIpc) is 3.13. The van der Waals surface area contributed by atoms with Crippen LogP contribution in [0.1, 0.15) is 18.4 Å². The van der Waals surface area contributed by atoms with Crippen molar-refractivity contribution in [2.75, 3.05) is 13.6 Å². The maximum absolute atomic E-state index is 5.90. The quantitative estimate of drug-likeness (QED) is 0.615. The average molecular weight is 217 g/mol. The molecule has 2 N–H and O–H groups in total. The van der Waals surface area contributed by atoms with Crippen molar-refractivity contribution in [3.63, 3.8) is 0 Å². The van der Waals surface area contributed by atoms with Crippen LogP contribution in [-0.4, -0.2) is 30.5 Å². The van der Waals surface area contributed by atoms with Gasteiger partial charge in [-0.15, -0.1) is 0 Å². The largest absolute Gasteiger partial charge is 0.370 e. The summed E-state index contributed by atoms with van der Waals surface area (Å²) in [6.45, 7) is 0.771. The van der Waals surface area contributed by atoms with Crippen LogP contribution in [0.4, 0.5) is 0 Å². The number of nitrogens with zero attached hydrogens (tertiary/aromatic N) is 2. The van der Waals surface area contributed by atoms with Crippen molar-refractivity contribution in [2.24, 2.45) is 10.7 Å². The Bertz CT molecular complexity index is 355. The third-order valence-corrected chi connectivity index (χ3v) is 2.97. The number of guanidine groups is 1. The van der Waals surface area contributed by atoms with Gasteiger partial charge in [0.1, 0.15) is 0 Å². The molecule has 1 aromatic rings. The molecule has 16 heavy (non-hydrogen) atoms. The highest BCUT2D eigenvalue weighted by atomic mass is 15.3. The van der Waals surface area contributed by atoms with E-state index < -0.39 is 0 Å². The number of hydrogen-bond acceptors (Lipinski definition) is 1. The van der Waals surface area contributed by atoms with Gasteiger partial charge in [-0.2, -0.15) is 0 Å². The van der Waals surface area contributed by atoms with Crippen LogP contribution in [0.2, 0.25) is 0 Å². The van der Waals surface area contributed by atoms with E-state index in [0.717, 1.165) is 13.0 Å². The van der Waals surface area contributed by atoms with E-state index in [4.69, 9.17) is 5.73 Å². The first-order chi connectivity index (χ1) is 7.77. The van der Waals surface area contributed by atoms with Gasteiger partial charge in [-0.3, -0.25) is 4.99 Å². The second kappa shape index (κ2) is 5.01. The summed E-state index contributed by atoms with van der Waals surface area (Å²) in [6, 6.07) is 11.0. The van der Waals surface area contributed by atoms with Crippen LogP contribution in [0.25, 0.3) is 0 Å². The van der Waals surface area contributed by atoms with Gasteiger partial charge >= 0.3 is 0 Å². The molecule has 0 heterocycles. The van der Waals surface area contributed by atoms with Crippen molar-refractivity contribution in [2.45, 2.75) is 25.3 Å². The number of aliphatic imine (C=N–C) groups is 1. The van der Waals surface area contributed by atoms with Crippen LogP contribution in [0.3, 0.4) is 0 Å². The number of benzene rings is 1. The molecule has 0 aliphatic heterocycles. The molecule has 1 fully saturated rings. The molecule has 86 valence electrons. The summed E-state index contributed by atoms with van der Waals surface area (Å²) in [5, 5.41) is 0. The normalized spacial score (nSPS) is 16.2. The van der Waals surface area contributed by atoms with E-state index >= 15 is 0 Å². The Kier molecular flexibility index (Phi) is 3.44. The van der Waals surface area contributed by atoms with Gasteiger partial charge in [0, 0.05) is 19.6 Å². The molecule has 1 saturated carbocycles. The van der Waals surface area contributed by atoms with Gasteiger partial charge < -0.3 is 10.6 Å². The van der Waals surface area contributed by atoms with E-state index in [2.05, 4.69) is 34.2 Å². The highest BCUT2D eigenvalue weighted by Crippen LogP contribution is 2.24. The molecule has 0 amide bonds. The van der Waals surface area contributed by atoms with Gasteiger partial charge in [-0.05, 0) is 24.8 Å². The summed E-state index contributed by atoms with van der Waals surface area (Å²) < 4.78 is 0. The number of rotatable bonds is 4. The fraction of sp³-hybridized carbons (Fsp3) is 0.462. The molecular weight excluding hydrogens is 198 g/mol. The number of hydrogen-bond donors (Lipinski definition) is 1. The van der Waals surface area contributed by atoms with Gasteiger partial charge in [0.2, 0.25) is 0 Å². The van der Waals surface area contributed by atoms with E-state index in [1.165, 1.54) is 18.4 Å². The van der Waals surface area contributed by atoms with E-state index in [9.17, 15) is 0 Å². The summed E-state index contributed by atoms with van der Waals surface area (Å²) in [7, 11) is 2.03. The monoisotopic (exact) mass is 217 g/mol. The molecule has 0 spiro atoms. The zero-order valence-electron chi connectivity index (χ0n) is 9.76. The van der Waals surface area contributed by atoms with Crippen molar-refractivity contribution in [1.29, 1.82) is 0 Å². The lowest BCUT2D eigenvalue weighted by atomic mass is 10.2. The summed E-state index contributed by atoms with van der Waals surface area (Å²) in [5.41, 5.74) is 7.21. The van der Waals surface area contributed by atoms with Crippen LogP contribution in [0, 0.1) is 0 Å². The van der Waals surface area contributed by atoms with Crippen molar-refractivity contribution in [3.05, 3.63) is 35.9 Å². The maximum atomic E-state index is 5.90. The number of nitrogens with two attached hydrogens (primary N) is 1. The lowest BCUT2D eigenvalue weighted by molar-refractivity contribution is 0.487. The highest BCUT2D eigenvalue weighted by Gasteiger charge is 2.27. The van der Waals surface area contributed by atoms with Crippen molar-refractivity contribution in [3.8, 4) is 0 Å². The zero-order valence-corrected chi connectivity index (χ0v) is 9.76. The molecular formula is C13H19N3. The molecule has 1 aliphatic carbocycles. The molecule has 1 aromatic carbocycles. The van der Waals surface area contributed by atoms with Gasteiger partial charge in [0.25, 0.3) is 0 Å². The Morgan fingerprint density at radius 1 is 1.38 bits per heavy atom. The minimum absolute atomic E-state index is 0.639. The molecule has 0 saturated heterocycles. The van der Waals surface area contributed by atoms with Gasteiger partial charge in [-0.1, -0.05) is 30.3 Å². The molecule has 0 radical (unpaired) electrons. The summed E-state index contributed by atoms with van der Waals surface area (Å²) in [5.74, 6) is 0.679. The first-order valence-corrected chi connectivity index (χ1v) is 5.84. The molecule has 0 aromatic heterocycles. The third-order valence-electron chi connectivity index (χ3n) is 2.97. The predicted octanol–water partition coefficient (Wildman–Crippen LogP) is 1.64. The molecule has 0 bridgehead atoms. The lowest BCUT2D eigenvalue weighted by Gasteiger charge is -2.16. The predicted molar refractivity (Wildman–Crippen MR) is 67.4 cm³/mol. The SMILES string of the molecule is CN(C(N)=NCCc1ccccc1)C1CC1. The van der Waals surface area contributed by atoms with Crippen LogP contribution in [-0.2, 0) is 6.42 Å². The molecule has 0 unspecified atom stereocenters. The fourth-order valence-corrected chi connectivity index (χ4v) is 1.70. The third kappa shape index (κ3) is 2.99. The Morgan fingerprint density at radius 3 is 2.69 bits per heavy atom. The first kappa shape index (κ1) is 11.0. The van der Waals surface area contributed by atoms with Gasteiger partial charge in [0.05, 0.1) is 0 Å². The van der Waals surface area contributed by atoms with Crippen LogP contribution < -0.4 is 5.73 Å². The van der Waals surface area contributed by atoms with E-state index in [1.54, 1.807) is 0 Å². The zero-order chi connectivity index (χ0) is 11.4. The summed E-state index contributed by atoms with van der Waals surface area (Å²) >= 11 is 0. The summed E-state index contributed by atoms with van der Waals surface area (Å²) in [4.78, 5) is 6.49. The van der Waals surface area contributed by atoms with E-state index in [1.807, 2.05) is 13.1 Å². The van der Waals surface area contributed by atoms with E-state index in [0.29, 0.717) is 12.0 Å². The van der Waals surface area contributed by atoms with Crippen molar-refractivity contribution < 1.29 is 0 Å². The Hall–Kier alpha value is -1.51.